The minimum absolute atomic E-state index is 0.00308. The molecule has 2 aromatic rings. The molecule has 132 valence electrons. The largest absolute Gasteiger partial charge is 0.484 e. The van der Waals surface area contributed by atoms with E-state index in [1.165, 1.54) is 13.2 Å². The number of thiophene rings is 1. The predicted octanol–water partition coefficient (Wildman–Crippen LogP) is 4.53. The van der Waals surface area contributed by atoms with Gasteiger partial charge in [0.05, 0.1) is 18.8 Å². The summed E-state index contributed by atoms with van der Waals surface area (Å²) in [4.78, 5) is 12.6. The third-order valence-electron chi connectivity index (χ3n) is 4.48. The summed E-state index contributed by atoms with van der Waals surface area (Å²) in [5.41, 5.74) is 1.47. The summed E-state index contributed by atoms with van der Waals surface area (Å²) in [6, 6.07) is 16.0. The van der Waals surface area contributed by atoms with Crippen molar-refractivity contribution in [2.75, 3.05) is 7.11 Å². The second-order valence-corrected chi connectivity index (χ2v) is 7.02. The van der Waals surface area contributed by atoms with Crippen LogP contribution in [-0.2, 0) is 14.3 Å². The minimum atomic E-state index is -0.426. The normalized spacial score (nSPS) is 22.7. The lowest BCUT2D eigenvalue weighted by atomic mass is 9.79. The summed E-state index contributed by atoms with van der Waals surface area (Å²) >= 11 is 1.62. The van der Waals surface area contributed by atoms with Gasteiger partial charge in [0.25, 0.3) is 0 Å². The Hall–Kier alpha value is -2.84. The van der Waals surface area contributed by atoms with Crippen LogP contribution in [0.5, 0.6) is 0 Å². The monoisotopic (exact) mass is 365 g/mol. The second-order valence-electron chi connectivity index (χ2n) is 6.04. The van der Waals surface area contributed by atoms with E-state index in [1.54, 1.807) is 17.4 Å². The highest BCUT2D eigenvalue weighted by Crippen LogP contribution is 2.45. The molecule has 0 saturated carbocycles. The standard InChI is InChI=1S/C21H19NO3S/c1-14-17(10-11-19(23)24-2)25-21(15-7-4-3-5-8-15)16(13-22)20(14)18-9-6-12-26-18/h3-12,14,17,20H,1-2H3/b11-10+. The fraction of sp³-hybridized carbons (Fsp3) is 0.238. The summed E-state index contributed by atoms with van der Waals surface area (Å²) in [7, 11) is 1.34. The van der Waals surface area contributed by atoms with Crippen LogP contribution in [0.15, 0.2) is 65.6 Å². The van der Waals surface area contributed by atoms with Gasteiger partial charge in [-0.3, -0.25) is 0 Å². The van der Waals surface area contributed by atoms with Crippen molar-refractivity contribution in [2.45, 2.75) is 18.9 Å². The number of carbonyl (C=O) groups is 1. The molecule has 1 aromatic heterocycles. The third-order valence-corrected chi connectivity index (χ3v) is 5.44. The Balaban J connectivity index is 2.10. The molecule has 1 aromatic carbocycles. The molecule has 0 fully saturated rings. The van der Waals surface area contributed by atoms with E-state index in [2.05, 4.69) is 10.8 Å². The minimum Gasteiger partial charge on any atom is -0.484 e. The predicted molar refractivity (Wildman–Crippen MR) is 101 cm³/mol. The lowest BCUT2D eigenvalue weighted by Crippen LogP contribution is -2.31. The highest BCUT2D eigenvalue weighted by Gasteiger charge is 2.38. The molecule has 26 heavy (non-hydrogen) atoms. The number of allylic oxidation sites excluding steroid dienone is 1. The summed E-state index contributed by atoms with van der Waals surface area (Å²) in [6.07, 6.45) is 2.76. The third kappa shape index (κ3) is 3.56. The molecular formula is C21H19NO3S. The van der Waals surface area contributed by atoms with Crippen molar-refractivity contribution < 1.29 is 14.3 Å². The Morgan fingerprint density at radius 2 is 2.04 bits per heavy atom. The Morgan fingerprint density at radius 3 is 2.65 bits per heavy atom. The fourth-order valence-corrected chi connectivity index (χ4v) is 4.11. The topological polar surface area (TPSA) is 59.3 Å². The smallest absolute Gasteiger partial charge is 0.330 e. The average Bonchev–Trinajstić information content (AvgIpc) is 3.21. The van der Waals surface area contributed by atoms with Gasteiger partial charge in [-0.15, -0.1) is 11.3 Å². The van der Waals surface area contributed by atoms with Crippen LogP contribution < -0.4 is 0 Å². The molecule has 0 spiro atoms. The lowest BCUT2D eigenvalue weighted by Gasteiger charge is -2.36. The number of methoxy groups -OCH3 is 1. The van der Waals surface area contributed by atoms with Crippen LogP contribution in [0.1, 0.15) is 23.3 Å². The van der Waals surface area contributed by atoms with Crippen molar-refractivity contribution in [2.24, 2.45) is 5.92 Å². The summed E-state index contributed by atoms with van der Waals surface area (Å²) in [5.74, 6) is 0.0573. The van der Waals surface area contributed by atoms with E-state index in [-0.39, 0.29) is 17.9 Å². The molecule has 0 aliphatic carbocycles. The van der Waals surface area contributed by atoms with Crippen molar-refractivity contribution in [3.8, 4) is 6.07 Å². The van der Waals surface area contributed by atoms with Gasteiger partial charge in [0.1, 0.15) is 11.9 Å². The van der Waals surface area contributed by atoms with Gasteiger partial charge in [-0.05, 0) is 17.5 Å². The van der Waals surface area contributed by atoms with E-state index in [4.69, 9.17) is 4.74 Å². The highest BCUT2D eigenvalue weighted by atomic mass is 32.1. The molecule has 2 heterocycles. The first-order chi connectivity index (χ1) is 12.7. The molecular weight excluding hydrogens is 346 g/mol. The van der Waals surface area contributed by atoms with Crippen LogP contribution in [0.4, 0.5) is 0 Å². The quantitative estimate of drug-likeness (QED) is 0.590. The van der Waals surface area contributed by atoms with Crippen LogP contribution in [0.25, 0.3) is 5.76 Å². The van der Waals surface area contributed by atoms with Gasteiger partial charge in [0, 0.05) is 28.4 Å². The number of rotatable bonds is 4. The molecule has 3 unspecified atom stereocenters. The molecule has 3 atom stereocenters. The van der Waals surface area contributed by atoms with E-state index >= 15 is 0 Å². The molecule has 4 nitrogen and oxygen atoms in total. The van der Waals surface area contributed by atoms with Crippen LogP contribution >= 0.6 is 11.3 Å². The molecule has 5 heteroatoms. The highest BCUT2D eigenvalue weighted by molar-refractivity contribution is 7.10. The van der Waals surface area contributed by atoms with Gasteiger partial charge in [-0.25, -0.2) is 4.79 Å². The summed E-state index contributed by atoms with van der Waals surface area (Å²) < 4.78 is 10.9. The number of nitriles is 1. The van der Waals surface area contributed by atoms with Gasteiger partial charge in [-0.2, -0.15) is 5.26 Å². The van der Waals surface area contributed by atoms with Gasteiger partial charge in [0.2, 0.25) is 0 Å². The van der Waals surface area contributed by atoms with E-state index in [1.807, 2.05) is 54.8 Å². The van der Waals surface area contributed by atoms with Crippen molar-refractivity contribution in [3.63, 3.8) is 0 Å². The lowest BCUT2D eigenvalue weighted by molar-refractivity contribution is -0.134. The van der Waals surface area contributed by atoms with Crippen LogP contribution in [0.2, 0.25) is 0 Å². The van der Waals surface area contributed by atoms with Crippen molar-refractivity contribution >= 4 is 23.1 Å². The Labute approximate surface area is 157 Å². The molecule has 3 rings (SSSR count). The first-order valence-corrected chi connectivity index (χ1v) is 9.19. The fourth-order valence-electron chi connectivity index (χ4n) is 3.16. The number of esters is 1. The van der Waals surface area contributed by atoms with Gasteiger partial charge in [-0.1, -0.05) is 43.3 Å². The maximum atomic E-state index is 11.5. The van der Waals surface area contributed by atoms with E-state index < -0.39 is 5.97 Å². The maximum absolute atomic E-state index is 11.5. The van der Waals surface area contributed by atoms with Crippen LogP contribution in [0.3, 0.4) is 0 Å². The van der Waals surface area contributed by atoms with Crippen LogP contribution in [-0.4, -0.2) is 19.2 Å². The number of carbonyl (C=O) groups excluding carboxylic acids is 1. The van der Waals surface area contributed by atoms with Gasteiger partial charge >= 0.3 is 5.97 Å². The second kappa shape index (κ2) is 8.03. The van der Waals surface area contributed by atoms with E-state index in [0.29, 0.717) is 11.3 Å². The molecule has 0 radical (unpaired) electrons. The molecule has 1 aliphatic rings. The van der Waals surface area contributed by atoms with Crippen LogP contribution in [0, 0.1) is 17.2 Å². The first-order valence-electron chi connectivity index (χ1n) is 8.31. The zero-order chi connectivity index (χ0) is 18.5. The Morgan fingerprint density at radius 1 is 1.27 bits per heavy atom. The van der Waals surface area contributed by atoms with Crippen molar-refractivity contribution in [1.82, 2.24) is 0 Å². The Kier molecular flexibility index (Phi) is 5.55. The zero-order valence-corrected chi connectivity index (χ0v) is 15.4. The zero-order valence-electron chi connectivity index (χ0n) is 14.6. The molecule has 1 aliphatic heterocycles. The van der Waals surface area contributed by atoms with Crippen molar-refractivity contribution in [3.05, 3.63) is 76.0 Å². The van der Waals surface area contributed by atoms with Gasteiger partial charge < -0.3 is 9.47 Å². The Bertz CT molecular complexity index is 862. The molecule has 0 N–H and O–H groups in total. The van der Waals surface area contributed by atoms with E-state index in [9.17, 15) is 10.1 Å². The van der Waals surface area contributed by atoms with E-state index in [0.717, 1.165) is 10.4 Å². The number of nitrogens with zero attached hydrogens (tertiary/aromatic N) is 1. The number of benzene rings is 1. The molecule has 0 amide bonds. The molecule has 0 bridgehead atoms. The SMILES string of the molecule is COC(=O)/C=C/C1OC(c2ccccc2)=C(C#N)C(c2cccs2)C1C. The number of ether oxygens (including phenoxy) is 2. The maximum Gasteiger partial charge on any atom is 0.330 e. The molecule has 0 saturated heterocycles. The number of hydrogen-bond donors (Lipinski definition) is 0. The number of hydrogen-bond acceptors (Lipinski definition) is 5. The van der Waals surface area contributed by atoms with Crippen molar-refractivity contribution in [1.29, 1.82) is 5.26 Å². The average molecular weight is 365 g/mol. The van der Waals surface area contributed by atoms with Gasteiger partial charge in [0.15, 0.2) is 0 Å². The summed E-state index contributed by atoms with van der Waals surface area (Å²) in [6.45, 7) is 2.04. The first kappa shape index (κ1) is 18.0. The summed E-state index contributed by atoms with van der Waals surface area (Å²) in [5, 5.41) is 11.9.